The largest absolute Gasteiger partial charge is 0.440 e. The molecule has 0 bridgehead atoms. The van der Waals surface area contributed by atoms with E-state index in [0.29, 0.717) is 0 Å². The van der Waals surface area contributed by atoms with E-state index in [9.17, 15) is 0 Å². The Labute approximate surface area is 196 Å². The number of hydrogen-bond acceptors (Lipinski definition) is 2. The molecule has 1 spiro atoms. The SMILES string of the molecule is c1ccc2c(c1)-c1ccccc1C21Oc2cccc(-n3c4ccccc4c4ccccc43)c2O1. The molecule has 3 heteroatoms. The molecule has 0 amide bonds. The van der Waals surface area contributed by atoms with Crippen LogP contribution in [0.3, 0.4) is 0 Å². The van der Waals surface area contributed by atoms with Crippen LogP contribution in [0.15, 0.2) is 115 Å². The van der Waals surface area contributed by atoms with Gasteiger partial charge in [-0.3, -0.25) is 0 Å². The maximum absolute atomic E-state index is 6.92. The summed E-state index contributed by atoms with van der Waals surface area (Å²) in [5.41, 5.74) is 7.67. The normalized spacial score (nSPS) is 14.6. The van der Waals surface area contributed by atoms with Crippen LogP contribution in [-0.4, -0.2) is 4.57 Å². The van der Waals surface area contributed by atoms with E-state index >= 15 is 0 Å². The van der Waals surface area contributed by atoms with Gasteiger partial charge in [0.15, 0.2) is 11.5 Å². The third-order valence-electron chi connectivity index (χ3n) is 7.13. The minimum atomic E-state index is -0.982. The summed E-state index contributed by atoms with van der Waals surface area (Å²) in [6.45, 7) is 0. The number of fused-ring (bicyclic) bond motifs is 9. The number of para-hydroxylation sites is 3. The topological polar surface area (TPSA) is 23.4 Å². The highest BCUT2D eigenvalue weighted by Gasteiger charge is 2.52. The van der Waals surface area contributed by atoms with Gasteiger partial charge in [-0.25, -0.2) is 0 Å². The lowest BCUT2D eigenvalue weighted by atomic mass is 10.0. The molecule has 1 aromatic heterocycles. The highest BCUT2D eigenvalue weighted by molar-refractivity contribution is 6.09. The van der Waals surface area contributed by atoms with Crippen LogP contribution in [0.1, 0.15) is 11.1 Å². The first kappa shape index (κ1) is 18.0. The monoisotopic (exact) mass is 437 g/mol. The fraction of sp³-hybridized carbons (Fsp3) is 0.0323. The van der Waals surface area contributed by atoms with E-state index in [-0.39, 0.29) is 0 Å². The van der Waals surface area contributed by atoms with Crippen molar-refractivity contribution in [2.24, 2.45) is 0 Å². The molecular weight excluding hydrogens is 418 g/mol. The van der Waals surface area contributed by atoms with Crippen molar-refractivity contribution in [2.45, 2.75) is 5.79 Å². The number of hydrogen-bond donors (Lipinski definition) is 0. The zero-order chi connectivity index (χ0) is 22.3. The lowest BCUT2D eigenvalue weighted by Crippen LogP contribution is -2.34. The zero-order valence-corrected chi connectivity index (χ0v) is 18.2. The maximum atomic E-state index is 6.92. The molecule has 3 nitrogen and oxygen atoms in total. The fourth-order valence-electron chi connectivity index (χ4n) is 5.74. The lowest BCUT2D eigenvalue weighted by molar-refractivity contribution is -0.0417. The Morgan fingerprint density at radius 3 is 1.71 bits per heavy atom. The molecule has 6 aromatic rings. The van der Waals surface area contributed by atoms with Gasteiger partial charge in [-0.2, -0.15) is 0 Å². The van der Waals surface area contributed by atoms with E-state index in [1.807, 2.05) is 12.1 Å². The highest BCUT2D eigenvalue weighted by Crippen LogP contribution is 2.57. The van der Waals surface area contributed by atoms with Crippen LogP contribution in [0.5, 0.6) is 11.5 Å². The minimum Gasteiger partial charge on any atom is -0.440 e. The van der Waals surface area contributed by atoms with Crippen molar-refractivity contribution < 1.29 is 9.47 Å². The predicted molar refractivity (Wildman–Crippen MR) is 135 cm³/mol. The molecule has 2 aliphatic rings. The van der Waals surface area contributed by atoms with Crippen LogP contribution in [0.2, 0.25) is 0 Å². The molecule has 8 rings (SSSR count). The molecule has 0 saturated carbocycles. The average Bonchev–Trinajstić information content (AvgIpc) is 3.54. The first-order valence-corrected chi connectivity index (χ1v) is 11.5. The van der Waals surface area contributed by atoms with Crippen molar-refractivity contribution in [1.29, 1.82) is 0 Å². The van der Waals surface area contributed by atoms with Crippen molar-refractivity contribution in [3.8, 4) is 28.3 Å². The maximum Gasteiger partial charge on any atom is 0.306 e. The molecule has 34 heavy (non-hydrogen) atoms. The van der Waals surface area contributed by atoms with Crippen LogP contribution in [0, 0.1) is 0 Å². The summed E-state index contributed by atoms with van der Waals surface area (Å²) in [5, 5.41) is 2.45. The zero-order valence-electron chi connectivity index (χ0n) is 18.2. The Kier molecular flexibility index (Phi) is 3.33. The van der Waals surface area contributed by atoms with Gasteiger partial charge in [0.1, 0.15) is 0 Å². The number of benzene rings is 5. The lowest BCUT2D eigenvalue weighted by Gasteiger charge is -2.25. The Bertz CT molecular complexity index is 1680. The Hall–Kier alpha value is -4.50. The first-order valence-electron chi connectivity index (χ1n) is 11.5. The molecule has 1 aliphatic heterocycles. The number of rotatable bonds is 1. The molecule has 5 aromatic carbocycles. The van der Waals surface area contributed by atoms with Crippen molar-refractivity contribution in [3.05, 3.63) is 126 Å². The van der Waals surface area contributed by atoms with Crippen LogP contribution in [-0.2, 0) is 5.79 Å². The number of ether oxygens (including phenoxy) is 2. The van der Waals surface area contributed by atoms with Crippen LogP contribution in [0.25, 0.3) is 38.6 Å². The first-order chi connectivity index (χ1) is 16.9. The highest BCUT2D eigenvalue weighted by atomic mass is 16.7. The second-order valence-electron chi connectivity index (χ2n) is 8.89. The van der Waals surface area contributed by atoms with Gasteiger partial charge >= 0.3 is 5.79 Å². The quantitative estimate of drug-likeness (QED) is 0.267. The molecule has 160 valence electrons. The Morgan fingerprint density at radius 2 is 1.06 bits per heavy atom. The van der Waals surface area contributed by atoms with Crippen LogP contribution in [0.4, 0.5) is 0 Å². The van der Waals surface area contributed by atoms with Gasteiger partial charge in [-0.05, 0) is 35.4 Å². The third-order valence-corrected chi connectivity index (χ3v) is 7.13. The Morgan fingerprint density at radius 1 is 0.500 bits per heavy atom. The summed E-state index contributed by atoms with van der Waals surface area (Å²) in [6, 6.07) is 40.0. The molecule has 0 fully saturated rings. The molecule has 2 heterocycles. The molecule has 1 aliphatic carbocycles. The average molecular weight is 437 g/mol. The van der Waals surface area contributed by atoms with Gasteiger partial charge in [0.05, 0.1) is 16.7 Å². The van der Waals surface area contributed by atoms with Crippen molar-refractivity contribution in [2.75, 3.05) is 0 Å². The van der Waals surface area contributed by atoms with Crippen LogP contribution < -0.4 is 9.47 Å². The number of aromatic nitrogens is 1. The molecule has 0 radical (unpaired) electrons. The molecule has 0 unspecified atom stereocenters. The van der Waals surface area contributed by atoms with E-state index in [4.69, 9.17) is 9.47 Å². The van der Waals surface area contributed by atoms with Gasteiger partial charge in [-0.1, -0.05) is 91.0 Å². The second-order valence-corrected chi connectivity index (χ2v) is 8.89. The third kappa shape index (κ3) is 2.12. The second kappa shape index (κ2) is 6.30. The van der Waals surface area contributed by atoms with Crippen molar-refractivity contribution in [3.63, 3.8) is 0 Å². The van der Waals surface area contributed by atoms with E-state index in [1.54, 1.807) is 0 Å². The van der Waals surface area contributed by atoms with E-state index in [0.717, 1.165) is 50.5 Å². The predicted octanol–water partition coefficient (Wildman–Crippen LogP) is 7.44. The summed E-state index contributed by atoms with van der Waals surface area (Å²) in [4.78, 5) is 0. The van der Waals surface area contributed by atoms with Gasteiger partial charge in [0.25, 0.3) is 0 Å². The smallest absolute Gasteiger partial charge is 0.306 e. The van der Waals surface area contributed by atoms with Gasteiger partial charge in [-0.15, -0.1) is 0 Å². The van der Waals surface area contributed by atoms with Crippen molar-refractivity contribution in [1.82, 2.24) is 4.57 Å². The standard InChI is InChI=1S/C31H19NO2/c1-5-14-24-20(10-1)21-11-2-6-15-25(21)31(24)33-29-19-9-18-28(30(29)34-31)32-26-16-7-3-12-22(26)23-13-4-8-17-27(23)32/h1-19H. The van der Waals surface area contributed by atoms with E-state index in [1.165, 1.54) is 10.8 Å². The number of nitrogens with zero attached hydrogens (tertiary/aromatic N) is 1. The fourth-order valence-corrected chi connectivity index (χ4v) is 5.74. The summed E-state index contributed by atoms with van der Waals surface area (Å²) in [6.07, 6.45) is 0. The van der Waals surface area contributed by atoms with Crippen LogP contribution >= 0.6 is 0 Å². The minimum absolute atomic E-state index is 0.755. The molecule has 0 atom stereocenters. The van der Waals surface area contributed by atoms with Gasteiger partial charge in [0, 0.05) is 21.9 Å². The summed E-state index contributed by atoms with van der Waals surface area (Å²) in [7, 11) is 0. The van der Waals surface area contributed by atoms with E-state index < -0.39 is 5.79 Å². The summed E-state index contributed by atoms with van der Waals surface area (Å²) < 4.78 is 15.9. The Balaban J connectivity index is 1.41. The molecule has 0 saturated heterocycles. The van der Waals surface area contributed by atoms with Crippen molar-refractivity contribution >= 4 is 21.8 Å². The van der Waals surface area contributed by atoms with E-state index in [2.05, 4.69) is 108 Å². The molecule has 0 N–H and O–H groups in total. The van der Waals surface area contributed by atoms with Gasteiger partial charge in [0.2, 0.25) is 0 Å². The van der Waals surface area contributed by atoms with Gasteiger partial charge < -0.3 is 14.0 Å². The summed E-state index contributed by atoms with van der Waals surface area (Å²) in [5.74, 6) is 0.538. The summed E-state index contributed by atoms with van der Waals surface area (Å²) >= 11 is 0. The molecular formula is C31H19NO2.